The SMILES string of the molecule is CC[C@H]1OC(=O)[C@H](C)C(=O)[C@H](C)[C@@H](O[C@@H]2O[C@H](C)C[C@H](N(C)C)[C@H]2O)[C@@](C)(OC)C[C@@H](C)C(=O)[C@H](C)C2[C@@H]1OC(=O)N2CCCCn1cnc(-c2ccccc2)c1. The summed E-state index contributed by atoms with van der Waals surface area (Å²) in [5.41, 5.74) is 0.653. The normalized spacial score (nSPS) is 35.8. The molecule has 0 bridgehead atoms. The number of aryl methyl sites for hydroxylation is 1. The molecular weight excluding hydrogens is 732 g/mol. The fourth-order valence-electron chi connectivity index (χ4n) is 8.99. The van der Waals surface area contributed by atoms with Gasteiger partial charge in [-0.2, -0.15) is 0 Å². The van der Waals surface area contributed by atoms with E-state index in [1.54, 1.807) is 32.0 Å². The third kappa shape index (κ3) is 9.79. The Balaban J connectivity index is 1.40. The smallest absolute Gasteiger partial charge is 0.410 e. The van der Waals surface area contributed by atoms with Crippen molar-refractivity contribution in [3.05, 3.63) is 42.9 Å². The van der Waals surface area contributed by atoms with E-state index in [1.807, 2.05) is 80.9 Å². The average molecular weight is 797 g/mol. The molecule has 316 valence electrons. The molecule has 14 heteroatoms. The van der Waals surface area contributed by atoms with Crippen molar-refractivity contribution in [1.29, 1.82) is 0 Å². The summed E-state index contributed by atoms with van der Waals surface area (Å²) in [5.74, 6) is -4.83. The number of hydrogen-bond acceptors (Lipinski definition) is 12. The fourth-order valence-corrected chi connectivity index (χ4v) is 8.99. The summed E-state index contributed by atoms with van der Waals surface area (Å²) in [5, 5.41) is 11.4. The van der Waals surface area contributed by atoms with Gasteiger partial charge in [-0.1, -0.05) is 58.0 Å². The lowest BCUT2D eigenvalue weighted by Gasteiger charge is -2.47. The zero-order valence-corrected chi connectivity index (χ0v) is 35.3. The number of nitrogens with zero attached hydrogens (tertiary/aromatic N) is 4. The van der Waals surface area contributed by atoms with Gasteiger partial charge in [-0.25, -0.2) is 9.78 Å². The summed E-state index contributed by atoms with van der Waals surface area (Å²) >= 11 is 0. The molecule has 4 heterocycles. The van der Waals surface area contributed by atoms with Crippen molar-refractivity contribution in [3.8, 4) is 11.3 Å². The Morgan fingerprint density at radius 3 is 2.30 bits per heavy atom. The molecule has 13 atom stereocenters. The highest BCUT2D eigenvalue weighted by Crippen LogP contribution is 2.39. The Kier molecular flexibility index (Phi) is 14.7. The first-order valence-electron chi connectivity index (χ1n) is 20.5. The van der Waals surface area contributed by atoms with Crippen molar-refractivity contribution in [3.63, 3.8) is 0 Å². The van der Waals surface area contributed by atoms with E-state index in [1.165, 1.54) is 14.0 Å². The predicted molar refractivity (Wildman–Crippen MR) is 212 cm³/mol. The van der Waals surface area contributed by atoms with Crippen molar-refractivity contribution in [2.45, 2.75) is 142 Å². The number of benzene rings is 1. The molecule has 0 radical (unpaired) electrons. The molecule has 57 heavy (non-hydrogen) atoms. The molecule has 1 aromatic heterocycles. The highest BCUT2D eigenvalue weighted by molar-refractivity contribution is 6.00. The molecular formula is C43H64N4O10. The van der Waals surface area contributed by atoms with Gasteiger partial charge in [0.2, 0.25) is 0 Å². The molecule has 3 aliphatic rings. The molecule has 3 fully saturated rings. The van der Waals surface area contributed by atoms with E-state index in [0.29, 0.717) is 32.4 Å². The molecule has 3 aliphatic heterocycles. The Hall–Kier alpha value is -3.69. The van der Waals surface area contributed by atoms with E-state index >= 15 is 0 Å². The van der Waals surface area contributed by atoms with Gasteiger partial charge in [0.05, 0.1) is 35.9 Å². The molecule has 0 spiro atoms. The van der Waals surface area contributed by atoms with E-state index in [2.05, 4.69) is 4.98 Å². The molecule has 3 saturated heterocycles. The minimum Gasteiger partial charge on any atom is -0.458 e. The van der Waals surface area contributed by atoms with Crippen LogP contribution in [0.2, 0.25) is 0 Å². The van der Waals surface area contributed by atoms with Crippen LogP contribution in [0.25, 0.3) is 11.3 Å². The Morgan fingerprint density at radius 2 is 1.65 bits per heavy atom. The van der Waals surface area contributed by atoms with Crippen molar-refractivity contribution >= 4 is 23.6 Å². The third-order valence-corrected chi connectivity index (χ3v) is 12.4. The van der Waals surface area contributed by atoms with Crippen LogP contribution in [0.1, 0.15) is 80.6 Å². The van der Waals surface area contributed by atoms with E-state index in [9.17, 15) is 24.3 Å². The first-order valence-corrected chi connectivity index (χ1v) is 20.5. The second-order valence-corrected chi connectivity index (χ2v) is 16.8. The fraction of sp³-hybridized carbons (Fsp3) is 0.698. The highest BCUT2D eigenvalue weighted by Gasteiger charge is 2.54. The maximum Gasteiger partial charge on any atom is 0.410 e. The molecule has 1 unspecified atom stereocenters. The van der Waals surface area contributed by atoms with Crippen molar-refractivity contribution < 1.29 is 48.0 Å². The average Bonchev–Trinajstić information content (AvgIpc) is 3.80. The summed E-state index contributed by atoms with van der Waals surface area (Å²) in [4.78, 5) is 64.3. The van der Waals surface area contributed by atoms with Gasteiger partial charge in [0.15, 0.2) is 18.2 Å². The second kappa shape index (κ2) is 18.9. The van der Waals surface area contributed by atoms with Gasteiger partial charge in [0.25, 0.3) is 0 Å². The van der Waals surface area contributed by atoms with Crippen LogP contribution in [0.4, 0.5) is 4.79 Å². The van der Waals surface area contributed by atoms with Gasteiger partial charge in [-0.15, -0.1) is 0 Å². The first kappa shape index (κ1) is 44.4. The number of likely N-dealkylation sites (N-methyl/N-ethyl adjacent to an activating group) is 1. The number of aliphatic hydroxyl groups excluding tert-OH is 1. The summed E-state index contributed by atoms with van der Waals surface area (Å²) in [6.45, 7) is 13.3. The lowest BCUT2D eigenvalue weighted by Crippen LogP contribution is -2.59. The Labute approximate surface area is 337 Å². The largest absolute Gasteiger partial charge is 0.458 e. The number of methoxy groups -OCH3 is 1. The molecule has 1 N–H and O–H groups in total. The third-order valence-electron chi connectivity index (χ3n) is 12.4. The number of unbranched alkanes of at least 4 members (excludes halogenated alkanes) is 1. The number of rotatable bonds is 11. The number of aliphatic hydroxyl groups is 1. The van der Waals surface area contributed by atoms with Gasteiger partial charge in [0.1, 0.15) is 23.9 Å². The van der Waals surface area contributed by atoms with Gasteiger partial charge >= 0.3 is 12.1 Å². The summed E-state index contributed by atoms with van der Waals surface area (Å²) in [6, 6.07) is 8.93. The number of ether oxygens (including phenoxy) is 5. The van der Waals surface area contributed by atoms with Crippen molar-refractivity contribution in [2.75, 3.05) is 27.7 Å². The summed E-state index contributed by atoms with van der Waals surface area (Å²) in [7, 11) is 5.25. The zero-order valence-electron chi connectivity index (χ0n) is 35.3. The number of amides is 1. The van der Waals surface area contributed by atoms with E-state index in [-0.39, 0.29) is 24.3 Å². The maximum absolute atomic E-state index is 14.6. The minimum atomic E-state index is -1.25. The quantitative estimate of drug-likeness (QED) is 0.182. The Bertz CT molecular complexity index is 1690. The van der Waals surface area contributed by atoms with Gasteiger partial charge in [-0.3, -0.25) is 14.4 Å². The number of aromatic nitrogens is 2. The number of esters is 1. The molecule has 5 rings (SSSR count). The minimum absolute atomic E-state index is 0.136. The summed E-state index contributed by atoms with van der Waals surface area (Å²) in [6.07, 6.45) is 0.310. The second-order valence-electron chi connectivity index (χ2n) is 16.8. The number of carbonyl (C=O) groups excluding carboxylic acids is 4. The van der Waals surface area contributed by atoms with Crippen LogP contribution in [0.3, 0.4) is 0 Å². The molecule has 0 aliphatic carbocycles. The number of carbonyl (C=O) groups is 4. The van der Waals surface area contributed by atoms with Crippen LogP contribution in [0, 0.1) is 23.7 Å². The number of Topliss-reactive ketones (excluding diaryl/α,β-unsaturated/α-hetero) is 2. The van der Waals surface area contributed by atoms with Crippen LogP contribution in [0.5, 0.6) is 0 Å². The molecule has 2 aromatic rings. The van der Waals surface area contributed by atoms with E-state index < -0.39 is 83.9 Å². The number of imidazole rings is 1. The Morgan fingerprint density at radius 1 is 0.965 bits per heavy atom. The topological polar surface area (TPSA) is 159 Å². The number of cyclic esters (lactones) is 1. The van der Waals surface area contributed by atoms with Crippen LogP contribution in [0.15, 0.2) is 42.9 Å². The highest BCUT2D eigenvalue weighted by atomic mass is 16.7. The van der Waals surface area contributed by atoms with Gasteiger partial charge in [0, 0.05) is 55.8 Å². The van der Waals surface area contributed by atoms with Crippen LogP contribution >= 0.6 is 0 Å². The molecule has 1 aromatic carbocycles. The summed E-state index contributed by atoms with van der Waals surface area (Å²) < 4.78 is 32.9. The standard InChI is InChI=1S/C43H64N4O10/c1-11-33-38-34(47(42(52)56-38)20-16-15-19-46-23-31(44-24-46)30-17-13-12-14-18-30)27(4)35(48)25(2)22-43(7,53-10)39(28(5)36(49)29(6)40(51)55-33)57-41-37(50)32(45(8)9)21-26(3)54-41/h12-14,17-18,23-29,32-34,37-39,41,50H,11,15-16,19-22H2,1-10H3/t25-,26-,27-,28+,29-,32+,33-,34?,37-,38-,39-,41+,43+/m1/s1. The van der Waals surface area contributed by atoms with E-state index in [0.717, 1.165) is 17.7 Å². The van der Waals surface area contributed by atoms with Crippen LogP contribution < -0.4 is 0 Å². The van der Waals surface area contributed by atoms with Gasteiger partial charge < -0.3 is 43.2 Å². The van der Waals surface area contributed by atoms with Crippen LogP contribution in [-0.4, -0.2) is 130 Å². The monoisotopic (exact) mass is 796 g/mol. The lowest BCUT2D eigenvalue weighted by atomic mass is 9.75. The number of ketones is 2. The predicted octanol–water partition coefficient (Wildman–Crippen LogP) is 5.14. The van der Waals surface area contributed by atoms with Crippen molar-refractivity contribution in [1.82, 2.24) is 19.4 Å². The van der Waals surface area contributed by atoms with E-state index in [4.69, 9.17) is 23.7 Å². The molecule has 1 amide bonds. The maximum atomic E-state index is 14.6. The van der Waals surface area contributed by atoms with Crippen molar-refractivity contribution in [2.24, 2.45) is 23.7 Å². The zero-order chi connectivity index (χ0) is 41.8. The first-order chi connectivity index (χ1) is 27.0. The van der Waals surface area contributed by atoms with Crippen LogP contribution in [-0.2, 0) is 44.6 Å². The molecule has 14 nitrogen and oxygen atoms in total. The molecule has 0 saturated carbocycles. The lowest BCUT2D eigenvalue weighted by molar-refractivity contribution is -0.295. The number of hydrogen-bond donors (Lipinski definition) is 1. The van der Waals surface area contributed by atoms with Gasteiger partial charge in [-0.05, 0) is 67.0 Å². The number of fused-ring (bicyclic) bond motifs is 1.